The Morgan fingerprint density at radius 2 is 1.38 bits per heavy atom. The van der Waals surface area contributed by atoms with Crippen LogP contribution in [0.3, 0.4) is 0 Å². The molecule has 0 aliphatic rings. The fourth-order valence-electron chi connectivity index (χ4n) is 1.11. The predicted octanol–water partition coefficient (Wildman–Crippen LogP) is 3.89. The molecule has 0 heterocycles. The molecule has 71 valence electrons. The first kappa shape index (κ1) is 9.96. The second-order valence-electron chi connectivity index (χ2n) is 3.07. The molecule has 2 atom stereocenters. The zero-order chi connectivity index (χ0) is 10.0. The van der Waals surface area contributed by atoms with Crippen molar-refractivity contribution < 1.29 is 13.9 Å². The molecule has 1 aromatic rings. The van der Waals surface area contributed by atoms with Gasteiger partial charge in [-0.1, -0.05) is 0 Å². The number of alkyl halides is 2. The molecule has 2 unspecified atom stereocenters. The number of halogens is 2. The molecule has 0 aliphatic carbocycles. The highest BCUT2D eigenvalue weighted by Gasteiger charge is 2.10. The first-order chi connectivity index (χ1) is 6.00. The summed E-state index contributed by atoms with van der Waals surface area (Å²) in [6.07, 6.45) is -2.46. The fraction of sp³-hybridized carbons (Fsp3) is 0.400. The van der Waals surface area contributed by atoms with Gasteiger partial charge in [0, 0.05) is 0 Å². The summed E-state index contributed by atoms with van der Waals surface area (Å²) in [6.45, 7) is 2.64. The van der Waals surface area contributed by atoms with Gasteiger partial charge in [-0.2, -0.15) is 0 Å². The van der Waals surface area contributed by atoms with Gasteiger partial charge in [-0.05, 0) is 43.2 Å². The average Bonchev–Trinajstić information content (AvgIpc) is 2.03. The molecule has 1 radical (unpaired) electrons. The number of hydrogen-bond acceptors (Lipinski definition) is 0. The first-order valence-electron chi connectivity index (χ1n) is 4.10. The maximum atomic E-state index is 12.8. The first-order valence-corrected chi connectivity index (χ1v) is 4.10. The standard InChI is InChI=1S/C10H11F2O/c1-6(11)8-3-9(7(2)12)5-10(13)4-8/h3-7H,1-2H3. The van der Waals surface area contributed by atoms with Crippen LogP contribution in [0.25, 0.3) is 0 Å². The number of hydrogen-bond donors (Lipinski definition) is 0. The largest absolute Gasteiger partial charge is 0.290 e. The van der Waals surface area contributed by atoms with Crippen molar-refractivity contribution in [2.24, 2.45) is 0 Å². The van der Waals surface area contributed by atoms with Gasteiger partial charge in [0.25, 0.3) is 0 Å². The summed E-state index contributed by atoms with van der Waals surface area (Å²) in [5.74, 6) is -0.346. The van der Waals surface area contributed by atoms with E-state index in [0.717, 1.165) is 0 Å². The summed E-state index contributed by atoms with van der Waals surface area (Å²) in [4.78, 5) is 0. The van der Waals surface area contributed by atoms with E-state index in [1.54, 1.807) is 0 Å². The summed E-state index contributed by atoms with van der Waals surface area (Å²) < 4.78 is 25.6. The average molecular weight is 185 g/mol. The molecule has 0 fully saturated rings. The molecule has 13 heavy (non-hydrogen) atoms. The Labute approximate surface area is 76.0 Å². The molecule has 0 saturated carbocycles. The molecule has 1 rings (SSSR count). The van der Waals surface area contributed by atoms with Crippen LogP contribution in [0.15, 0.2) is 18.2 Å². The van der Waals surface area contributed by atoms with Crippen molar-refractivity contribution in [1.29, 1.82) is 0 Å². The van der Waals surface area contributed by atoms with Gasteiger partial charge in [0.05, 0.1) is 0 Å². The van der Waals surface area contributed by atoms with Gasteiger partial charge in [-0.25, -0.2) is 8.78 Å². The van der Waals surface area contributed by atoms with E-state index in [0.29, 0.717) is 0 Å². The Hall–Kier alpha value is -1.12. The zero-order valence-electron chi connectivity index (χ0n) is 7.55. The maximum absolute atomic E-state index is 12.8. The molecular weight excluding hydrogens is 174 g/mol. The fourth-order valence-corrected chi connectivity index (χ4v) is 1.11. The van der Waals surface area contributed by atoms with E-state index in [9.17, 15) is 13.9 Å². The van der Waals surface area contributed by atoms with Gasteiger partial charge >= 0.3 is 0 Å². The van der Waals surface area contributed by atoms with Gasteiger partial charge in [0.15, 0.2) is 5.75 Å². The highest BCUT2D eigenvalue weighted by molar-refractivity contribution is 5.35. The minimum Gasteiger partial charge on any atom is -0.290 e. The van der Waals surface area contributed by atoms with E-state index in [4.69, 9.17) is 0 Å². The van der Waals surface area contributed by atoms with E-state index in [1.807, 2.05) is 0 Å². The Bertz CT molecular complexity index is 269. The minimum atomic E-state index is -1.23. The monoisotopic (exact) mass is 185 g/mol. The molecule has 0 saturated heterocycles. The van der Waals surface area contributed by atoms with Crippen molar-refractivity contribution >= 4 is 0 Å². The molecule has 0 N–H and O–H groups in total. The lowest BCUT2D eigenvalue weighted by Crippen LogP contribution is -1.90. The van der Waals surface area contributed by atoms with Gasteiger partial charge < -0.3 is 0 Å². The summed E-state index contributed by atoms with van der Waals surface area (Å²) in [6, 6.07) is 3.77. The van der Waals surface area contributed by atoms with E-state index in [1.165, 1.54) is 32.0 Å². The van der Waals surface area contributed by atoms with E-state index < -0.39 is 12.3 Å². The summed E-state index contributed by atoms with van der Waals surface area (Å²) in [7, 11) is 0. The summed E-state index contributed by atoms with van der Waals surface area (Å²) in [5.41, 5.74) is 0.485. The second kappa shape index (κ2) is 3.73. The summed E-state index contributed by atoms with van der Waals surface area (Å²) in [5, 5.41) is 11.0. The SMILES string of the molecule is CC(F)c1cc([O])cc(C(C)F)c1. The third-order valence-corrected chi connectivity index (χ3v) is 1.87. The van der Waals surface area contributed by atoms with E-state index in [2.05, 4.69) is 0 Å². The van der Waals surface area contributed by atoms with Crippen molar-refractivity contribution in [2.75, 3.05) is 0 Å². The van der Waals surface area contributed by atoms with Crippen LogP contribution in [0.5, 0.6) is 5.75 Å². The van der Waals surface area contributed by atoms with Crippen LogP contribution in [0.2, 0.25) is 0 Å². The van der Waals surface area contributed by atoms with Crippen molar-refractivity contribution in [2.45, 2.75) is 26.2 Å². The van der Waals surface area contributed by atoms with Gasteiger partial charge in [0.1, 0.15) is 12.3 Å². The normalized spacial score (nSPS) is 15.4. The lowest BCUT2D eigenvalue weighted by molar-refractivity contribution is 0.337. The zero-order valence-corrected chi connectivity index (χ0v) is 7.55. The Morgan fingerprint density at radius 1 is 1.00 bits per heavy atom. The van der Waals surface area contributed by atoms with Crippen molar-refractivity contribution in [3.8, 4) is 5.75 Å². The molecule has 0 spiro atoms. The Morgan fingerprint density at radius 3 is 1.69 bits per heavy atom. The number of rotatable bonds is 2. The number of benzene rings is 1. The molecular formula is C10H11F2O. The highest BCUT2D eigenvalue weighted by Crippen LogP contribution is 2.27. The molecule has 1 aromatic carbocycles. The molecule has 0 bridgehead atoms. The highest BCUT2D eigenvalue weighted by atomic mass is 19.1. The van der Waals surface area contributed by atoms with E-state index in [-0.39, 0.29) is 16.9 Å². The quantitative estimate of drug-likeness (QED) is 0.666. The molecule has 3 heteroatoms. The molecule has 0 aliphatic heterocycles. The topological polar surface area (TPSA) is 19.9 Å². The lowest BCUT2D eigenvalue weighted by Gasteiger charge is -2.07. The van der Waals surface area contributed by atoms with Gasteiger partial charge in [-0.15, -0.1) is 0 Å². The molecule has 0 amide bonds. The maximum Gasteiger partial charge on any atom is 0.179 e. The van der Waals surface area contributed by atoms with Crippen LogP contribution in [-0.4, -0.2) is 0 Å². The predicted molar refractivity (Wildman–Crippen MR) is 45.6 cm³/mol. The van der Waals surface area contributed by atoms with Crippen LogP contribution >= 0.6 is 0 Å². The van der Waals surface area contributed by atoms with Crippen LogP contribution in [0.1, 0.15) is 37.3 Å². The van der Waals surface area contributed by atoms with E-state index >= 15 is 0 Å². The van der Waals surface area contributed by atoms with Gasteiger partial charge in [-0.3, -0.25) is 5.11 Å². The van der Waals surface area contributed by atoms with Crippen LogP contribution in [0, 0.1) is 0 Å². The molecule has 1 nitrogen and oxygen atoms in total. The summed E-state index contributed by atoms with van der Waals surface area (Å²) >= 11 is 0. The Balaban J connectivity index is 3.11. The smallest absolute Gasteiger partial charge is 0.179 e. The van der Waals surface area contributed by atoms with Crippen molar-refractivity contribution in [3.63, 3.8) is 0 Å². The Kier molecular flexibility index (Phi) is 2.86. The van der Waals surface area contributed by atoms with Gasteiger partial charge in [0.2, 0.25) is 0 Å². The van der Waals surface area contributed by atoms with Crippen LogP contribution in [-0.2, 0) is 5.11 Å². The lowest BCUT2D eigenvalue weighted by atomic mass is 10.0. The molecule has 0 aromatic heterocycles. The van der Waals surface area contributed by atoms with Crippen molar-refractivity contribution in [3.05, 3.63) is 29.3 Å². The minimum absolute atomic E-state index is 0.243. The third-order valence-electron chi connectivity index (χ3n) is 1.87. The second-order valence-corrected chi connectivity index (χ2v) is 3.07. The van der Waals surface area contributed by atoms with Crippen molar-refractivity contribution in [1.82, 2.24) is 0 Å². The van der Waals surface area contributed by atoms with Crippen LogP contribution < -0.4 is 0 Å². The third kappa shape index (κ3) is 2.41. The van der Waals surface area contributed by atoms with Crippen LogP contribution in [0.4, 0.5) is 8.78 Å².